The number of carboxylic acids is 1. The van der Waals surface area contributed by atoms with Gasteiger partial charge in [0.1, 0.15) is 0 Å². The van der Waals surface area contributed by atoms with Crippen LogP contribution < -0.4 is 5.32 Å². The van der Waals surface area contributed by atoms with E-state index in [0.29, 0.717) is 6.54 Å². The van der Waals surface area contributed by atoms with Gasteiger partial charge in [0.05, 0.1) is 39.7 Å². The van der Waals surface area contributed by atoms with Gasteiger partial charge in [-0.1, -0.05) is 36.3 Å². The molecular weight excluding hydrogens is 424 g/mol. The molecule has 0 amide bonds. The van der Waals surface area contributed by atoms with E-state index in [1.165, 1.54) is 0 Å². The van der Waals surface area contributed by atoms with Crippen LogP contribution in [0.3, 0.4) is 0 Å². The Morgan fingerprint density at radius 3 is 2.91 bits per heavy atom. The van der Waals surface area contributed by atoms with Gasteiger partial charge >= 0.3 is 5.97 Å². The Morgan fingerprint density at radius 1 is 1.19 bits per heavy atom. The second-order valence-electron chi connectivity index (χ2n) is 8.22. The molecule has 2 aromatic heterocycles. The van der Waals surface area contributed by atoms with Gasteiger partial charge in [-0.05, 0) is 54.3 Å². The number of aliphatic hydroxyl groups is 1. The van der Waals surface area contributed by atoms with Gasteiger partial charge in [0.2, 0.25) is 0 Å². The maximum atomic E-state index is 10.7. The summed E-state index contributed by atoms with van der Waals surface area (Å²) in [6.07, 6.45) is 8.25. The molecule has 7 nitrogen and oxygen atoms in total. The Hall–Kier alpha value is -3.23. The fourth-order valence-corrected chi connectivity index (χ4v) is 5.23. The van der Waals surface area contributed by atoms with Crippen molar-refractivity contribution in [2.24, 2.45) is 0 Å². The van der Waals surface area contributed by atoms with Gasteiger partial charge in [-0.3, -0.25) is 0 Å². The molecule has 0 aliphatic heterocycles. The molecule has 1 saturated carbocycles. The second-order valence-corrected chi connectivity index (χ2v) is 9.25. The summed E-state index contributed by atoms with van der Waals surface area (Å²) in [4.78, 5) is 19.9. The number of aliphatic carboxylic acids is 1. The lowest BCUT2D eigenvalue weighted by atomic mass is 9.93. The number of hydrogen-bond donors (Lipinski definition) is 3. The molecule has 1 aliphatic carbocycles. The van der Waals surface area contributed by atoms with Crippen LogP contribution in [0.5, 0.6) is 0 Å². The van der Waals surface area contributed by atoms with Crippen LogP contribution in [-0.4, -0.2) is 42.9 Å². The molecule has 32 heavy (non-hydrogen) atoms. The van der Waals surface area contributed by atoms with Crippen molar-refractivity contribution in [1.29, 1.82) is 0 Å². The van der Waals surface area contributed by atoms with Crippen molar-refractivity contribution in [1.82, 2.24) is 14.5 Å². The number of carboxylic acid groups (broad SMARTS) is 1. The molecule has 0 bridgehead atoms. The smallest absolute Gasteiger partial charge is 0.328 e. The minimum Gasteiger partial charge on any atom is -0.478 e. The number of carbonyl (C=O) groups is 1. The van der Waals surface area contributed by atoms with Gasteiger partial charge in [0, 0.05) is 12.6 Å². The summed E-state index contributed by atoms with van der Waals surface area (Å²) < 4.78 is 3.19. The van der Waals surface area contributed by atoms with Crippen LogP contribution in [0.1, 0.15) is 36.8 Å². The molecule has 1 aliphatic rings. The van der Waals surface area contributed by atoms with E-state index in [0.717, 1.165) is 69.3 Å². The number of thiazole rings is 1. The first-order valence-electron chi connectivity index (χ1n) is 10.8. The van der Waals surface area contributed by atoms with Crippen molar-refractivity contribution in [3.05, 3.63) is 59.9 Å². The van der Waals surface area contributed by atoms with E-state index >= 15 is 0 Å². The van der Waals surface area contributed by atoms with E-state index in [-0.39, 0.29) is 12.1 Å². The van der Waals surface area contributed by atoms with Gasteiger partial charge < -0.3 is 20.1 Å². The Morgan fingerprint density at radius 2 is 2.06 bits per heavy atom. The highest BCUT2D eigenvalue weighted by Gasteiger charge is 2.23. The first kappa shape index (κ1) is 20.7. The molecule has 8 heteroatoms. The Kier molecular flexibility index (Phi) is 5.63. The highest BCUT2D eigenvalue weighted by atomic mass is 32.1. The number of anilines is 1. The normalized spacial score (nSPS) is 19.2. The molecule has 2 heterocycles. The average molecular weight is 449 g/mol. The first-order valence-corrected chi connectivity index (χ1v) is 11.6. The second kappa shape index (κ2) is 8.72. The number of benzene rings is 2. The lowest BCUT2D eigenvalue weighted by molar-refractivity contribution is -0.131. The van der Waals surface area contributed by atoms with Crippen LogP contribution in [-0.2, 0) is 11.3 Å². The number of fused-ring (bicyclic) bond motifs is 2. The molecule has 164 valence electrons. The third-order valence-electron chi connectivity index (χ3n) is 5.91. The minimum absolute atomic E-state index is 0.0799. The van der Waals surface area contributed by atoms with Gasteiger partial charge in [-0.25, -0.2) is 14.8 Å². The fourth-order valence-electron chi connectivity index (χ4n) is 4.24. The quantitative estimate of drug-likeness (QED) is 0.375. The molecule has 2 atom stereocenters. The van der Waals surface area contributed by atoms with Gasteiger partial charge in [-0.2, -0.15) is 0 Å². The lowest BCUT2D eigenvalue weighted by Crippen LogP contribution is -2.36. The van der Waals surface area contributed by atoms with Crippen LogP contribution in [0.4, 0.5) is 5.13 Å². The number of aromatic nitrogens is 3. The van der Waals surface area contributed by atoms with Crippen LogP contribution >= 0.6 is 11.3 Å². The monoisotopic (exact) mass is 448 g/mol. The third kappa shape index (κ3) is 4.37. The minimum atomic E-state index is -0.970. The predicted molar refractivity (Wildman–Crippen MR) is 127 cm³/mol. The highest BCUT2D eigenvalue weighted by molar-refractivity contribution is 7.22. The maximum Gasteiger partial charge on any atom is 0.328 e. The summed E-state index contributed by atoms with van der Waals surface area (Å²) >= 11 is 1.62. The Bertz CT molecular complexity index is 1310. The lowest BCUT2D eigenvalue weighted by Gasteiger charge is -2.27. The van der Waals surface area contributed by atoms with Crippen LogP contribution in [0.2, 0.25) is 0 Å². The molecule has 3 N–H and O–H groups in total. The van der Waals surface area contributed by atoms with Crippen molar-refractivity contribution in [3.63, 3.8) is 0 Å². The Labute approximate surface area is 189 Å². The highest BCUT2D eigenvalue weighted by Crippen LogP contribution is 2.30. The number of imidazole rings is 1. The third-order valence-corrected chi connectivity index (χ3v) is 6.86. The van der Waals surface area contributed by atoms with E-state index in [1.54, 1.807) is 17.4 Å². The molecule has 5 rings (SSSR count). The number of aliphatic hydroxyl groups excluding tert-OH is 1. The molecule has 1 fully saturated rings. The van der Waals surface area contributed by atoms with Gasteiger partial charge in [0.15, 0.2) is 5.13 Å². The summed E-state index contributed by atoms with van der Waals surface area (Å²) in [6, 6.07) is 12.1. The molecular formula is C24H24N4O3S. The number of rotatable bonds is 6. The van der Waals surface area contributed by atoms with E-state index in [2.05, 4.69) is 27.0 Å². The number of nitrogens with one attached hydrogen (secondary N) is 1. The zero-order valence-corrected chi connectivity index (χ0v) is 18.3. The zero-order chi connectivity index (χ0) is 22.1. The number of nitrogens with zero attached hydrogens (tertiary/aromatic N) is 3. The zero-order valence-electron chi connectivity index (χ0n) is 17.4. The average Bonchev–Trinajstić information content (AvgIpc) is 3.37. The molecule has 0 saturated heterocycles. The van der Waals surface area contributed by atoms with E-state index in [9.17, 15) is 9.90 Å². The van der Waals surface area contributed by atoms with Crippen molar-refractivity contribution in [2.45, 2.75) is 44.4 Å². The largest absolute Gasteiger partial charge is 0.478 e. The maximum absolute atomic E-state index is 10.7. The standard InChI is InChI=1S/C24H24N4O3S/c29-21-4-2-1-3-17(21)26-24-27-18-8-5-16(12-22(18)32-24)13-28-14-25-19-11-15(6-9-20(19)28)7-10-23(30)31/h5-12,14,17,21,29H,1-4,13H2,(H,26,27)(H,30,31)/t17-,21-/m1/s1. The van der Waals surface area contributed by atoms with Crippen LogP contribution in [0.15, 0.2) is 48.8 Å². The first-order chi connectivity index (χ1) is 15.5. The summed E-state index contributed by atoms with van der Waals surface area (Å²) in [5.74, 6) is -0.970. The summed E-state index contributed by atoms with van der Waals surface area (Å²) in [5, 5.41) is 23.3. The number of hydrogen-bond acceptors (Lipinski definition) is 6. The topological polar surface area (TPSA) is 100 Å². The Balaban J connectivity index is 1.34. The SMILES string of the molecule is O=C(O)C=Cc1ccc2c(c1)ncn2Cc1ccc2nc(N[C@@H]3CCCC[C@H]3O)sc2c1. The van der Waals surface area contributed by atoms with E-state index in [4.69, 9.17) is 10.1 Å². The molecule has 0 spiro atoms. The summed E-state index contributed by atoms with van der Waals surface area (Å²) in [5.41, 5.74) is 4.74. The van der Waals surface area contributed by atoms with Crippen LogP contribution in [0, 0.1) is 0 Å². The van der Waals surface area contributed by atoms with Gasteiger partial charge in [0.25, 0.3) is 0 Å². The molecule has 0 radical (unpaired) electrons. The summed E-state index contributed by atoms with van der Waals surface area (Å²) in [6.45, 7) is 0.679. The van der Waals surface area contributed by atoms with E-state index < -0.39 is 5.97 Å². The van der Waals surface area contributed by atoms with Gasteiger partial charge in [-0.15, -0.1) is 0 Å². The van der Waals surface area contributed by atoms with E-state index in [1.807, 2.05) is 30.6 Å². The van der Waals surface area contributed by atoms with Crippen molar-refractivity contribution >= 4 is 49.8 Å². The summed E-state index contributed by atoms with van der Waals surface area (Å²) in [7, 11) is 0. The van der Waals surface area contributed by atoms with Crippen LogP contribution in [0.25, 0.3) is 27.3 Å². The fraction of sp³-hybridized carbons (Fsp3) is 0.292. The molecule has 2 aromatic carbocycles. The molecule has 0 unspecified atom stereocenters. The predicted octanol–water partition coefficient (Wildman–Crippen LogP) is 4.51. The van der Waals surface area contributed by atoms with Crippen molar-refractivity contribution in [3.8, 4) is 0 Å². The van der Waals surface area contributed by atoms with Crippen molar-refractivity contribution < 1.29 is 15.0 Å². The van der Waals surface area contributed by atoms with Crippen molar-refractivity contribution in [2.75, 3.05) is 5.32 Å². The molecule has 4 aromatic rings.